The molecule has 0 bridgehead atoms. The van der Waals surface area contributed by atoms with E-state index in [9.17, 15) is 19.7 Å². The van der Waals surface area contributed by atoms with Crippen LogP contribution in [0.1, 0.15) is 52.7 Å². The number of ketones is 1. The van der Waals surface area contributed by atoms with Crippen LogP contribution in [0.3, 0.4) is 0 Å². The van der Waals surface area contributed by atoms with Crippen molar-refractivity contribution in [2.24, 2.45) is 5.92 Å². The summed E-state index contributed by atoms with van der Waals surface area (Å²) in [5, 5.41) is 16.6. The molecule has 2 saturated heterocycles. The topological polar surface area (TPSA) is 92.5 Å². The van der Waals surface area contributed by atoms with E-state index in [1.165, 1.54) is 12.1 Å². The number of benzene rings is 4. The van der Waals surface area contributed by atoms with Crippen molar-refractivity contribution in [2.75, 3.05) is 11.9 Å². The van der Waals surface area contributed by atoms with E-state index in [1.807, 2.05) is 54.6 Å². The molecule has 3 aliphatic rings. The van der Waals surface area contributed by atoms with Crippen LogP contribution < -0.4 is 5.32 Å². The molecule has 3 unspecified atom stereocenters. The number of hydrogen-bond acceptors (Lipinski definition) is 5. The van der Waals surface area contributed by atoms with Crippen LogP contribution in [0.5, 0.6) is 0 Å². The van der Waals surface area contributed by atoms with Gasteiger partial charge >= 0.3 is 0 Å². The fourth-order valence-corrected chi connectivity index (χ4v) is 7.54. The Balaban J connectivity index is 1.47. The summed E-state index contributed by atoms with van der Waals surface area (Å²) in [6.07, 6.45) is 2.58. The lowest BCUT2D eigenvalue weighted by atomic mass is 9.68. The summed E-state index contributed by atoms with van der Waals surface area (Å²) in [5.74, 6) is -1.24. The molecule has 0 aliphatic carbocycles. The first-order valence-corrected chi connectivity index (χ1v) is 13.9. The van der Waals surface area contributed by atoms with Gasteiger partial charge in [-0.2, -0.15) is 0 Å². The lowest BCUT2D eigenvalue weighted by Crippen LogP contribution is -2.52. The number of nitrogens with one attached hydrogen (secondary N) is 1. The van der Waals surface area contributed by atoms with Crippen molar-refractivity contribution in [2.45, 2.75) is 43.7 Å². The second-order valence-corrected chi connectivity index (χ2v) is 11.1. The number of fused-ring (bicyclic) bond motifs is 5. The Morgan fingerprint density at radius 1 is 1.02 bits per heavy atom. The highest BCUT2D eigenvalue weighted by Gasteiger charge is 2.69. The maximum Gasteiger partial charge on any atom is 0.269 e. The van der Waals surface area contributed by atoms with Gasteiger partial charge in [0.2, 0.25) is 5.91 Å². The highest BCUT2D eigenvalue weighted by atomic mass is 16.6. The van der Waals surface area contributed by atoms with E-state index in [2.05, 4.69) is 23.2 Å². The highest BCUT2D eigenvalue weighted by molar-refractivity contribution is 6.13. The SMILES string of the molecule is CCc1ccc2c(c1)[C@]1(C(=O)N2)C(C(=O)c2ccc3ccccc3c2)C(c2ccc([N+](=O)[O-])cc2)C2CCCN21. The average Bonchev–Trinajstić information content (AvgIpc) is 3.65. The predicted molar refractivity (Wildman–Crippen MR) is 153 cm³/mol. The summed E-state index contributed by atoms with van der Waals surface area (Å²) in [7, 11) is 0. The molecule has 4 aromatic rings. The van der Waals surface area contributed by atoms with Gasteiger partial charge in [0.25, 0.3) is 5.69 Å². The minimum atomic E-state index is -1.16. The number of anilines is 1. The molecule has 0 radical (unpaired) electrons. The molecule has 1 spiro atoms. The normalized spacial score (nSPS) is 25.2. The summed E-state index contributed by atoms with van der Waals surface area (Å²) < 4.78 is 0. The first-order chi connectivity index (χ1) is 19.4. The number of rotatable bonds is 5. The number of hydrogen-bond donors (Lipinski definition) is 1. The Morgan fingerprint density at radius 2 is 1.80 bits per heavy atom. The Hall–Kier alpha value is -4.36. The van der Waals surface area contributed by atoms with Gasteiger partial charge in [-0.05, 0) is 59.8 Å². The van der Waals surface area contributed by atoms with E-state index in [0.717, 1.165) is 52.4 Å². The van der Waals surface area contributed by atoms with Gasteiger partial charge in [-0.25, -0.2) is 0 Å². The smallest absolute Gasteiger partial charge is 0.269 e. The molecule has 1 amide bonds. The van der Waals surface area contributed by atoms with Crippen molar-refractivity contribution >= 4 is 33.8 Å². The van der Waals surface area contributed by atoms with E-state index in [-0.39, 0.29) is 29.3 Å². The van der Waals surface area contributed by atoms with Crippen LogP contribution in [0.4, 0.5) is 11.4 Å². The maximum atomic E-state index is 14.8. The molecule has 0 saturated carbocycles. The zero-order chi connectivity index (χ0) is 27.6. The minimum absolute atomic E-state index is 0.00804. The maximum absolute atomic E-state index is 14.8. The molecule has 1 N–H and O–H groups in total. The largest absolute Gasteiger partial charge is 0.324 e. The fourth-order valence-electron chi connectivity index (χ4n) is 7.54. The number of carbonyl (C=O) groups is 2. The zero-order valence-electron chi connectivity index (χ0n) is 22.2. The highest BCUT2D eigenvalue weighted by Crippen LogP contribution is 2.61. The van der Waals surface area contributed by atoms with Gasteiger partial charge in [-0.15, -0.1) is 0 Å². The molecule has 7 nitrogen and oxygen atoms in total. The van der Waals surface area contributed by atoms with Crippen molar-refractivity contribution < 1.29 is 14.5 Å². The van der Waals surface area contributed by atoms with E-state index >= 15 is 0 Å². The monoisotopic (exact) mass is 531 g/mol. The molecular weight excluding hydrogens is 502 g/mol. The van der Waals surface area contributed by atoms with Crippen molar-refractivity contribution in [3.8, 4) is 0 Å². The number of Topliss-reactive ketones (excluding diaryl/α,β-unsaturated/α-hetero) is 1. The van der Waals surface area contributed by atoms with Gasteiger partial charge in [0.05, 0.1) is 10.8 Å². The number of nitro groups is 1. The summed E-state index contributed by atoms with van der Waals surface area (Å²) in [5.41, 5.74) is 3.02. The van der Waals surface area contributed by atoms with Gasteiger partial charge < -0.3 is 5.32 Å². The minimum Gasteiger partial charge on any atom is -0.324 e. The summed E-state index contributed by atoms with van der Waals surface area (Å²) >= 11 is 0. The molecule has 7 heteroatoms. The van der Waals surface area contributed by atoms with Gasteiger partial charge in [-0.1, -0.05) is 67.6 Å². The van der Waals surface area contributed by atoms with Gasteiger partial charge in [0.15, 0.2) is 5.78 Å². The second-order valence-electron chi connectivity index (χ2n) is 11.1. The van der Waals surface area contributed by atoms with E-state index in [0.29, 0.717) is 12.1 Å². The lowest BCUT2D eigenvalue weighted by molar-refractivity contribution is -0.384. The molecule has 3 heterocycles. The zero-order valence-corrected chi connectivity index (χ0v) is 22.2. The van der Waals surface area contributed by atoms with E-state index in [4.69, 9.17) is 0 Å². The summed E-state index contributed by atoms with van der Waals surface area (Å²) in [6.45, 7) is 2.79. The van der Waals surface area contributed by atoms with Crippen LogP contribution in [0.25, 0.3) is 10.8 Å². The number of nitro benzene ring substituents is 1. The molecule has 0 aromatic heterocycles. The van der Waals surface area contributed by atoms with Crippen LogP contribution in [-0.2, 0) is 16.8 Å². The lowest BCUT2D eigenvalue weighted by Gasteiger charge is -2.37. The van der Waals surface area contributed by atoms with Crippen LogP contribution in [0.2, 0.25) is 0 Å². The van der Waals surface area contributed by atoms with Gasteiger partial charge in [0, 0.05) is 40.9 Å². The fraction of sp³-hybridized carbons (Fsp3) is 0.273. The number of nitrogens with zero attached hydrogens (tertiary/aromatic N) is 2. The third-order valence-electron chi connectivity index (χ3n) is 9.28. The predicted octanol–water partition coefficient (Wildman–Crippen LogP) is 6.22. The molecule has 4 atom stereocenters. The van der Waals surface area contributed by atoms with Crippen molar-refractivity contribution in [3.05, 3.63) is 117 Å². The number of non-ortho nitro benzene ring substituents is 1. The Labute approximate surface area is 232 Å². The first kappa shape index (κ1) is 24.7. The molecule has 2 fully saturated rings. The van der Waals surface area contributed by atoms with Gasteiger partial charge in [-0.3, -0.25) is 24.6 Å². The molecule has 7 rings (SSSR count). The third kappa shape index (κ3) is 3.40. The van der Waals surface area contributed by atoms with Crippen molar-refractivity contribution in [3.63, 3.8) is 0 Å². The molecule has 40 heavy (non-hydrogen) atoms. The van der Waals surface area contributed by atoms with Crippen LogP contribution in [-0.4, -0.2) is 34.1 Å². The quantitative estimate of drug-likeness (QED) is 0.188. The second kappa shape index (κ2) is 9.10. The van der Waals surface area contributed by atoms with Crippen LogP contribution >= 0.6 is 0 Å². The van der Waals surface area contributed by atoms with Crippen LogP contribution in [0, 0.1) is 16.0 Å². The van der Waals surface area contributed by atoms with E-state index < -0.39 is 16.4 Å². The standard InChI is InChI=1S/C33H29N3O4/c1-2-20-9-16-27-26(18-20)33(32(38)34-27)30(31(37)24-11-10-21-6-3-4-7-23(21)19-24)29(28-8-5-17-35(28)33)22-12-14-25(15-13-22)36(39)40/h3-4,6-7,9-16,18-19,28-30H,2,5,8,17H2,1H3,(H,34,38)/t28?,29?,30?,33-/m1/s1. The Bertz CT molecular complexity index is 1700. The Kier molecular flexibility index (Phi) is 5.61. The average molecular weight is 532 g/mol. The Morgan fingerprint density at radius 3 is 2.55 bits per heavy atom. The molecular formula is C33H29N3O4. The molecule has 3 aliphatic heterocycles. The van der Waals surface area contributed by atoms with E-state index in [1.54, 1.807) is 12.1 Å². The summed E-state index contributed by atoms with van der Waals surface area (Å²) in [6, 6.07) is 26.3. The van der Waals surface area contributed by atoms with Gasteiger partial charge in [0.1, 0.15) is 5.54 Å². The van der Waals surface area contributed by atoms with Crippen LogP contribution in [0.15, 0.2) is 84.9 Å². The number of amides is 1. The molecule has 4 aromatic carbocycles. The number of carbonyl (C=O) groups excluding carboxylic acids is 2. The summed E-state index contributed by atoms with van der Waals surface area (Å²) in [4.78, 5) is 42.4. The van der Waals surface area contributed by atoms with Crippen molar-refractivity contribution in [1.29, 1.82) is 0 Å². The number of aryl methyl sites for hydroxylation is 1. The van der Waals surface area contributed by atoms with Crippen molar-refractivity contribution in [1.82, 2.24) is 4.90 Å². The molecule has 200 valence electrons. The first-order valence-electron chi connectivity index (χ1n) is 13.9. The third-order valence-corrected chi connectivity index (χ3v) is 9.28.